The van der Waals surface area contributed by atoms with E-state index in [1.54, 1.807) is 11.8 Å². The van der Waals surface area contributed by atoms with E-state index in [0.717, 1.165) is 41.3 Å². The Morgan fingerprint density at radius 2 is 2.00 bits per heavy atom. The van der Waals surface area contributed by atoms with E-state index in [1.807, 2.05) is 34.9 Å². The second kappa shape index (κ2) is 8.42. The van der Waals surface area contributed by atoms with Crippen molar-refractivity contribution in [2.75, 3.05) is 0 Å². The van der Waals surface area contributed by atoms with Gasteiger partial charge in [-0.2, -0.15) is 0 Å². The fraction of sp³-hybridized carbons (Fsp3) is 0.286. The number of fused-ring (bicyclic) bond motifs is 1. The van der Waals surface area contributed by atoms with E-state index in [9.17, 15) is 8.78 Å². The Morgan fingerprint density at radius 1 is 1.20 bits per heavy atom. The molecule has 0 atom stereocenters. The molecule has 1 saturated carbocycles. The maximum absolute atomic E-state index is 13.2. The topological polar surface area (TPSA) is 43.1 Å². The minimum absolute atomic E-state index is 0.132. The number of imidazole rings is 1. The van der Waals surface area contributed by atoms with Crippen molar-refractivity contribution in [3.63, 3.8) is 0 Å². The van der Waals surface area contributed by atoms with Crippen molar-refractivity contribution in [3.8, 4) is 10.3 Å². The van der Waals surface area contributed by atoms with Crippen LogP contribution in [-0.4, -0.2) is 34.1 Å². The second-order valence-corrected chi connectivity index (χ2v) is 10.8. The number of alkyl halides is 2. The van der Waals surface area contributed by atoms with Crippen molar-refractivity contribution in [2.45, 2.75) is 42.3 Å². The third-order valence-corrected chi connectivity index (χ3v) is 8.53. The molecule has 0 bridgehead atoms. The zero-order valence-corrected chi connectivity index (χ0v) is 19.0. The summed E-state index contributed by atoms with van der Waals surface area (Å²) in [5.41, 5.74) is 3.60. The van der Waals surface area contributed by atoms with Gasteiger partial charge in [0.15, 0.2) is 0 Å². The molecule has 3 aromatic heterocycles. The molecule has 0 saturated heterocycles. The molecule has 0 aliphatic heterocycles. The predicted molar refractivity (Wildman–Crippen MR) is 116 cm³/mol. The van der Waals surface area contributed by atoms with E-state index in [4.69, 9.17) is 16.6 Å². The number of halogens is 3. The Labute approximate surface area is 187 Å². The molecular formula is C21H17ClF2N4SSe. The number of nitrogens with zero attached hydrogens (tertiary/aromatic N) is 4. The average molecular weight is 510 g/mol. The molecule has 0 amide bonds. The van der Waals surface area contributed by atoms with Crippen LogP contribution in [0.2, 0.25) is 5.02 Å². The molecule has 1 fully saturated rings. The van der Waals surface area contributed by atoms with Gasteiger partial charge in [-0.05, 0) is 0 Å². The summed E-state index contributed by atoms with van der Waals surface area (Å²) in [5.74, 6) is 1.14. The van der Waals surface area contributed by atoms with Crippen LogP contribution in [0.1, 0.15) is 47.4 Å². The van der Waals surface area contributed by atoms with Gasteiger partial charge in [0.1, 0.15) is 0 Å². The van der Waals surface area contributed by atoms with Gasteiger partial charge in [0.25, 0.3) is 0 Å². The summed E-state index contributed by atoms with van der Waals surface area (Å²) in [4.78, 5) is 5.82. The van der Waals surface area contributed by atoms with E-state index in [2.05, 4.69) is 22.3 Å². The van der Waals surface area contributed by atoms with Crippen LogP contribution >= 0.6 is 23.4 Å². The van der Waals surface area contributed by atoms with Gasteiger partial charge in [0.05, 0.1) is 0 Å². The van der Waals surface area contributed by atoms with Gasteiger partial charge in [-0.1, -0.05) is 0 Å². The summed E-state index contributed by atoms with van der Waals surface area (Å²) in [7, 11) is 0. The third-order valence-electron chi connectivity index (χ3n) is 5.25. The third kappa shape index (κ3) is 3.82. The molecule has 154 valence electrons. The van der Waals surface area contributed by atoms with Gasteiger partial charge < -0.3 is 0 Å². The summed E-state index contributed by atoms with van der Waals surface area (Å²) >= 11 is 7.67. The molecule has 0 N–H and O–H groups in total. The number of benzene rings is 1. The summed E-state index contributed by atoms with van der Waals surface area (Å²) < 4.78 is 28.7. The monoisotopic (exact) mass is 510 g/mol. The molecule has 9 heteroatoms. The molecule has 0 radical (unpaired) electrons. The van der Waals surface area contributed by atoms with Gasteiger partial charge in [0, 0.05) is 0 Å². The molecule has 30 heavy (non-hydrogen) atoms. The van der Waals surface area contributed by atoms with E-state index in [-0.39, 0.29) is 4.57 Å². The Kier molecular flexibility index (Phi) is 5.67. The quantitative estimate of drug-likeness (QED) is 0.236. The SMILES string of the molecule is FC(F)c1nnc(-c2c(C3CCC3)nc3c(Cl)cc(SCc4ccccc4)cn23)[se]1. The number of aromatic nitrogens is 4. The van der Waals surface area contributed by atoms with Crippen LogP contribution in [0.4, 0.5) is 8.78 Å². The first-order valence-corrected chi connectivity index (χ1v) is 12.7. The predicted octanol–water partition coefficient (Wildman–Crippen LogP) is 6.00. The van der Waals surface area contributed by atoms with Crippen LogP contribution in [0.15, 0.2) is 47.5 Å². The van der Waals surface area contributed by atoms with Crippen molar-refractivity contribution in [1.29, 1.82) is 0 Å². The van der Waals surface area contributed by atoms with Gasteiger partial charge in [-0.25, -0.2) is 0 Å². The zero-order chi connectivity index (χ0) is 20.7. The van der Waals surface area contributed by atoms with E-state index < -0.39 is 20.9 Å². The van der Waals surface area contributed by atoms with E-state index >= 15 is 0 Å². The molecule has 4 aromatic rings. The van der Waals surface area contributed by atoms with Gasteiger partial charge in [-0.15, -0.1) is 0 Å². The van der Waals surface area contributed by atoms with Crippen LogP contribution in [-0.2, 0) is 5.75 Å². The van der Waals surface area contributed by atoms with E-state index in [1.165, 1.54) is 5.56 Å². The summed E-state index contributed by atoms with van der Waals surface area (Å²) in [6.07, 6.45) is 2.68. The van der Waals surface area contributed by atoms with Gasteiger partial charge in [0.2, 0.25) is 0 Å². The summed E-state index contributed by atoms with van der Waals surface area (Å²) in [6.45, 7) is 0. The number of pyridine rings is 1. The van der Waals surface area contributed by atoms with Crippen molar-refractivity contribution < 1.29 is 8.78 Å². The first-order valence-electron chi connectivity index (χ1n) is 9.60. The first-order chi connectivity index (χ1) is 14.6. The zero-order valence-electron chi connectivity index (χ0n) is 15.8. The molecule has 1 aliphatic rings. The molecule has 0 spiro atoms. The van der Waals surface area contributed by atoms with Crippen molar-refractivity contribution >= 4 is 43.5 Å². The fourth-order valence-corrected chi connectivity index (χ4v) is 6.31. The minimum atomic E-state index is -2.57. The van der Waals surface area contributed by atoms with Crippen LogP contribution in [0.3, 0.4) is 0 Å². The van der Waals surface area contributed by atoms with Crippen LogP contribution in [0, 0.1) is 0 Å². The fourth-order valence-electron chi connectivity index (χ4n) is 3.52. The van der Waals surface area contributed by atoms with Crippen LogP contribution in [0.25, 0.3) is 15.9 Å². The van der Waals surface area contributed by atoms with Gasteiger partial charge >= 0.3 is 188 Å². The normalized spacial score (nSPS) is 14.5. The summed E-state index contributed by atoms with van der Waals surface area (Å²) in [6, 6.07) is 12.1. The average Bonchev–Trinajstić information content (AvgIpc) is 3.31. The molecule has 3 heterocycles. The molecule has 1 aromatic carbocycles. The molecule has 1 aliphatic carbocycles. The molecule has 0 unspecified atom stereocenters. The van der Waals surface area contributed by atoms with Crippen LogP contribution < -0.4 is 0 Å². The number of hydrogen-bond acceptors (Lipinski definition) is 4. The second-order valence-electron chi connectivity index (χ2n) is 7.21. The van der Waals surface area contributed by atoms with Crippen molar-refractivity contribution in [2.24, 2.45) is 0 Å². The number of thioether (sulfide) groups is 1. The number of rotatable bonds is 6. The van der Waals surface area contributed by atoms with Crippen molar-refractivity contribution in [3.05, 3.63) is 63.4 Å². The Bertz CT molecular complexity index is 1190. The maximum atomic E-state index is 13.2. The van der Waals surface area contributed by atoms with Crippen LogP contribution in [0.5, 0.6) is 0 Å². The molecular weight excluding hydrogens is 493 g/mol. The molecule has 5 rings (SSSR count). The number of hydrogen-bond donors (Lipinski definition) is 0. The Morgan fingerprint density at radius 3 is 2.67 bits per heavy atom. The summed E-state index contributed by atoms with van der Waals surface area (Å²) in [5, 5.41) is 8.43. The Balaban J connectivity index is 1.59. The van der Waals surface area contributed by atoms with E-state index in [0.29, 0.717) is 21.2 Å². The van der Waals surface area contributed by atoms with Crippen molar-refractivity contribution in [1.82, 2.24) is 19.6 Å². The Hall–Kier alpha value is -1.73. The molecule has 4 nitrogen and oxygen atoms in total. The first kappa shape index (κ1) is 20.2. The van der Waals surface area contributed by atoms with Gasteiger partial charge in [-0.3, -0.25) is 0 Å². The standard InChI is InChI=1S/C21H17ClF2N4SSe/c22-15-9-14(29-11-12-5-2-1-3-6-12)10-28-17(20-26-27-21(30-20)18(23)24)16(25-19(15)28)13-7-4-8-13/h1-3,5-6,9-10,13,18H,4,7-8,11H2.